The van der Waals surface area contributed by atoms with Crippen molar-refractivity contribution >= 4 is 29.2 Å². The fourth-order valence-electron chi connectivity index (χ4n) is 2.98. The van der Waals surface area contributed by atoms with Crippen molar-refractivity contribution in [1.29, 1.82) is 0 Å². The summed E-state index contributed by atoms with van der Waals surface area (Å²) in [6.07, 6.45) is 1.74. The van der Waals surface area contributed by atoms with Crippen molar-refractivity contribution in [3.63, 3.8) is 0 Å². The Bertz CT molecular complexity index is 755. The Morgan fingerprint density at radius 1 is 1.15 bits per heavy atom. The SMILES string of the molecule is Cc1ccc(SCC(=O)Nc2ccc(N3CCN(C)CC3)nc2)c(C)c1. The third-order valence-electron chi connectivity index (χ3n) is 4.55. The Kier molecular flexibility index (Phi) is 6.16. The van der Waals surface area contributed by atoms with Gasteiger partial charge in [-0.15, -0.1) is 11.8 Å². The Hall–Kier alpha value is -2.05. The van der Waals surface area contributed by atoms with E-state index < -0.39 is 0 Å². The van der Waals surface area contributed by atoms with Crippen LogP contribution in [0.25, 0.3) is 0 Å². The molecule has 2 heterocycles. The first-order valence-corrected chi connectivity index (χ1v) is 9.89. The summed E-state index contributed by atoms with van der Waals surface area (Å²) < 4.78 is 0. The van der Waals surface area contributed by atoms with E-state index in [1.54, 1.807) is 18.0 Å². The van der Waals surface area contributed by atoms with E-state index in [1.165, 1.54) is 11.1 Å². The predicted molar refractivity (Wildman–Crippen MR) is 109 cm³/mol. The maximum atomic E-state index is 12.2. The Morgan fingerprint density at radius 3 is 2.58 bits per heavy atom. The number of thioether (sulfide) groups is 1. The topological polar surface area (TPSA) is 48.5 Å². The lowest BCUT2D eigenvalue weighted by molar-refractivity contribution is -0.113. The van der Waals surface area contributed by atoms with Crippen molar-refractivity contribution in [3.8, 4) is 0 Å². The summed E-state index contributed by atoms with van der Waals surface area (Å²) in [5.74, 6) is 1.36. The number of hydrogen-bond acceptors (Lipinski definition) is 5. The van der Waals surface area contributed by atoms with Gasteiger partial charge in [0.15, 0.2) is 0 Å². The summed E-state index contributed by atoms with van der Waals surface area (Å²) in [6, 6.07) is 10.2. The molecule has 1 N–H and O–H groups in total. The maximum Gasteiger partial charge on any atom is 0.234 e. The van der Waals surface area contributed by atoms with Crippen LogP contribution in [0.5, 0.6) is 0 Å². The van der Waals surface area contributed by atoms with E-state index in [1.807, 2.05) is 12.1 Å². The maximum absolute atomic E-state index is 12.2. The number of anilines is 2. The molecule has 1 aromatic heterocycles. The molecular weight excluding hydrogens is 344 g/mol. The van der Waals surface area contributed by atoms with Crippen LogP contribution in [0.3, 0.4) is 0 Å². The molecule has 0 radical (unpaired) electrons. The van der Waals surface area contributed by atoms with Crippen LogP contribution in [0.15, 0.2) is 41.4 Å². The minimum Gasteiger partial charge on any atom is -0.354 e. The zero-order valence-corrected chi connectivity index (χ0v) is 16.5. The van der Waals surface area contributed by atoms with Crippen molar-refractivity contribution in [2.75, 3.05) is 49.2 Å². The van der Waals surface area contributed by atoms with Gasteiger partial charge < -0.3 is 15.1 Å². The summed E-state index contributed by atoms with van der Waals surface area (Å²) in [6.45, 7) is 8.23. The zero-order chi connectivity index (χ0) is 18.5. The summed E-state index contributed by atoms with van der Waals surface area (Å²) in [4.78, 5) is 22.5. The molecule has 2 aromatic rings. The summed E-state index contributed by atoms with van der Waals surface area (Å²) in [5.41, 5.74) is 3.19. The molecule has 0 bridgehead atoms. The van der Waals surface area contributed by atoms with Gasteiger partial charge in [-0.05, 0) is 44.7 Å². The average molecular weight is 371 g/mol. The highest BCUT2D eigenvalue weighted by Crippen LogP contribution is 2.23. The normalized spacial score (nSPS) is 15.1. The molecule has 1 saturated heterocycles. The number of carbonyl (C=O) groups excluding carboxylic acids is 1. The summed E-state index contributed by atoms with van der Waals surface area (Å²) in [7, 11) is 2.14. The van der Waals surface area contributed by atoms with Gasteiger partial charge in [-0.1, -0.05) is 17.7 Å². The third-order valence-corrected chi connectivity index (χ3v) is 5.72. The largest absolute Gasteiger partial charge is 0.354 e. The van der Waals surface area contributed by atoms with Gasteiger partial charge in [-0.25, -0.2) is 4.98 Å². The molecule has 138 valence electrons. The van der Waals surface area contributed by atoms with Gasteiger partial charge in [0.25, 0.3) is 0 Å². The number of hydrogen-bond donors (Lipinski definition) is 1. The lowest BCUT2D eigenvalue weighted by Gasteiger charge is -2.33. The van der Waals surface area contributed by atoms with Crippen LogP contribution in [-0.4, -0.2) is 54.8 Å². The van der Waals surface area contributed by atoms with Gasteiger partial charge in [0.2, 0.25) is 5.91 Å². The molecule has 0 spiro atoms. The molecule has 0 saturated carbocycles. The molecule has 5 nitrogen and oxygen atoms in total. The molecule has 0 atom stereocenters. The van der Waals surface area contributed by atoms with Crippen molar-refractivity contribution in [2.45, 2.75) is 18.7 Å². The van der Waals surface area contributed by atoms with Gasteiger partial charge in [0.05, 0.1) is 17.6 Å². The minimum atomic E-state index is -0.0101. The van der Waals surface area contributed by atoms with Gasteiger partial charge in [-0.3, -0.25) is 4.79 Å². The molecule has 1 fully saturated rings. The van der Waals surface area contributed by atoms with E-state index in [-0.39, 0.29) is 5.91 Å². The highest BCUT2D eigenvalue weighted by Gasteiger charge is 2.15. The molecule has 1 aliphatic heterocycles. The van der Waals surface area contributed by atoms with E-state index in [0.717, 1.165) is 42.6 Å². The van der Waals surface area contributed by atoms with Crippen LogP contribution >= 0.6 is 11.8 Å². The summed E-state index contributed by atoms with van der Waals surface area (Å²) in [5, 5.41) is 2.93. The molecule has 1 aromatic carbocycles. The lowest BCUT2D eigenvalue weighted by Crippen LogP contribution is -2.44. The first kappa shape index (κ1) is 18.7. The van der Waals surface area contributed by atoms with Crippen LogP contribution in [-0.2, 0) is 4.79 Å². The smallest absolute Gasteiger partial charge is 0.234 e. The summed E-state index contributed by atoms with van der Waals surface area (Å²) >= 11 is 1.56. The van der Waals surface area contributed by atoms with Crippen molar-refractivity contribution in [1.82, 2.24) is 9.88 Å². The number of aromatic nitrogens is 1. The van der Waals surface area contributed by atoms with Crippen LogP contribution in [0, 0.1) is 13.8 Å². The van der Waals surface area contributed by atoms with Crippen LogP contribution in [0.4, 0.5) is 11.5 Å². The average Bonchev–Trinajstić information content (AvgIpc) is 2.62. The van der Waals surface area contributed by atoms with E-state index >= 15 is 0 Å². The van der Waals surface area contributed by atoms with E-state index in [2.05, 4.69) is 59.2 Å². The number of piperazine rings is 1. The molecule has 26 heavy (non-hydrogen) atoms. The Balaban J connectivity index is 1.51. The number of nitrogens with zero attached hydrogens (tertiary/aromatic N) is 3. The third kappa shape index (κ3) is 4.99. The number of benzene rings is 1. The molecule has 0 unspecified atom stereocenters. The first-order valence-electron chi connectivity index (χ1n) is 8.91. The second kappa shape index (κ2) is 8.56. The predicted octanol–water partition coefficient (Wildman–Crippen LogP) is 3.18. The number of aryl methyl sites for hydroxylation is 2. The number of carbonyl (C=O) groups is 1. The second-order valence-electron chi connectivity index (χ2n) is 6.80. The lowest BCUT2D eigenvalue weighted by atomic mass is 10.2. The Labute approximate surface area is 159 Å². The molecule has 3 rings (SSSR count). The number of rotatable bonds is 5. The number of nitrogens with one attached hydrogen (secondary N) is 1. The second-order valence-corrected chi connectivity index (χ2v) is 7.82. The monoisotopic (exact) mass is 370 g/mol. The number of amides is 1. The molecule has 6 heteroatoms. The van der Waals surface area contributed by atoms with Gasteiger partial charge in [0.1, 0.15) is 5.82 Å². The van der Waals surface area contributed by atoms with E-state index in [0.29, 0.717) is 5.75 Å². The van der Waals surface area contributed by atoms with Crippen LogP contribution in [0.2, 0.25) is 0 Å². The highest BCUT2D eigenvalue weighted by atomic mass is 32.2. The van der Waals surface area contributed by atoms with E-state index in [4.69, 9.17) is 0 Å². The van der Waals surface area contributed by atoms with Crippen molar-refractivity contribution in [2.24, 2.45) is 0 Å². The van der Waals surface area contributed by atoms with Gasteiger partial charge in [0, 0.05) is 31.1 Å². The molecule has 0 aliphatic carbocycles. The molecule has 1 amide bonds. The van der Waals surface area contributed by atoms with Crippen molar-refractivity contribution in [3.05, 3.63) is 47.7 Å². The Morgan fingerprint density at radius 2 is 1.92 bits per heavy atom. The standard InChI is InChI=1S/C20H26N4OS/c1-15-4-6-18(16(2)12-15)26-14-20(25)22-17-5-7-19(21-13-17)24-10-8-23(3)9-11-24/h4-7,12-13H,8-11,14H2,1-3H3,(H,22,25). The first-order chi connectivity index (χ1) is 12.5. The molecular formula is C20H26N4OS. The fraction of sp³-hybridized carbons (Fsp3) is 0.400. The van der Waals surface area contributed by atoms with Gasteiger partial charge in [-0.2, -0.15) is 0 Å². The fourth-order valence-corrected chi connectivity index (χ4v) is 3.79. The highest BCUT2D eigenvalue weighted by molar-refractivity contribution is 8.00. The zero-order valence-electron chi connectivity index (χ0n) is 15.7. The van der Waals surface area contributed by atoms with E-state index in [9.17, 15) is 4.79 Å². The number of likely N-dealkylation sites (N-methyl/N-ethyl adjacent to an activating group) is 1. The molecule has 1 aliphatic rings. The van der Waals surface area contributed by atoms with Crippen LogP contribution < -0.4 is 10.2 Å². The van der Waals surface area contributed by atoms with Crippen molar-refractivity contribution < 1.29 is 4.79 Å². The van der Waals surface area contributed by atoms with Gasteiger partial charge >= 0.3 is 0 Å². The quantitative estimate of drug-likeness (QED) is 0.819. The van der Waals surface area contributed by atoms with Crippen LogP contribution in [0.1, 0.15) is 11.1 Å². The minimum absolute atomic E-state index is 0.0101. The number of pyridine rings is 1.